The van der Waals surface area contributed by atoms with Gasteiger partial charge in [-0.05, 0) is 19.1 Å². The molecule has 1 heterocycles. The maximum absolute atomic E-state index is 12.0. The molecule has 2 N–H and O–H groups in total. The summed E-state index contributed by atoms with van der Waals surface area (Å²) in [7, 11) is 0. The number of carbonyl (C=O) groups excluding carboxylic acids is 1. The van der Waals surface area contributed by atoms with Gasteiger partial charge >= 0.3 is 11.9 Å². The fourth-order valence-electron chi connectivity index (χ4n) is 1.51. The third-order valence-corrected chi connectivity index (χ3v) is 3.33. The van der Waals surface area contributed by atoms with Crippen molar-refractivity contribution in [2.24, 2.45) is 0 Å². The van der Waals surface area contributed by atoms with Gasteiger partial charge in [-0.2, -0.15) is 0 Å². The Kier molecular flexibility index (Phi) is 3.12. The summed E-state index contributed by atoms with van der Waals surface area (Å²) in [5.41, 5.74) is 0.543. The van der Waals surface area contributed by atoms with Crippen LogP contribution in [0.5, 0.6) is 0 Å². The highest BCUT2D eigenvalue weighted by Gasteiger charge is 2.14. The van der Waals surface area contributed by atoms with Gasteiger partial charge in [-0.15, -0.1) is 11.3 Å². The molecule has 0 saturated carbocycles. The van der Waals surface area contributed by atoms with Crippen molar-refractivity contribution in [3.8, 4) is 0 Å². The van der Waals surface area contributed by atoms with Gasteiger partial charge < -0.3 is 10.4 Å². The number of carboxylic acid groups (broad SMARTS) is 1. The van der Waals surface area contributed by atoms with Gasteiger partial charge in [-0.1, -0.05) is 11.6 Å². The number of rotatable bonds is 1. The Bertz CT molecular complexity index is 705. The summed E-state index contributed by atoms with van der Waals surface area (Å²) in [4.78, 5) is 33.5. The van der Waals surface area contributed by atoms with E-state index in [9.17, 15) is 14.4 Å². The van der Waals surface area contributed by atoms with Crippen LogP contribution in [0.4, 0.5) is 5.69 Å². The molecule has 0 atom stereocenters. The SMILES string of the molecule is Cc1ccc2scc(NC(=O)C(=O)O)c(=O)c2c1. The number of nitrogens with one attached hydrogen (secondary N) is 1. The van der Waals surface area contributed by atoms with E-state index in [4.69, 9.17) is 5.11 Å². The molecule has 5 nitrogen and oxygen atoms in total. The monoisotopic (exact) mass is 263 g/mol. The van der Waals surface area contributed by atoms with Crippen LogP contribution in [0.3, 0.4) is 0 Å². The Hall–Kier alpha value is -2.21. The minimum absolute atomic E-state index is 0.00880. The van der Waals surface area contributed by atoms with Crippen LogP contribution in [0.1, 0.15) is 5.56 Å². The number of hydrogen-bond acceptors (Lipinski definition) is 4. The van der Waals surface area contributed by atoms with E-state index in [1.54, 1.807) is 6.07 Å². The normalized spacial score (nSPS) is 10.3. The number of hydrogen-bond donors (Lipinski definition) is 2. The van der Waals surface area contributed by atoms with Crippen LogP contribution in [0, 0.1) is 6.92 Å². The quantitative estimate of drug-likeness (QED) is 0.765. The van der Waals surface area contributed by atoms with Crippen LogP contribution in [-0.4, -0.2) is 17.0 Å². The zero-order chi connectivity index (χ0) is 13.3. The Morgan fingerprint density at radius 1 is 1.33 bits per heavy atom. The van der Waals surface area contributed by atoms with E-state index in [-0.39, 0.29) is 11.1 Å². The van der Waals surface area contributed by atoms with Gasteiger partial charge in [0.2, 0.25) is 5.43 Å². The highest BCUT2D eigenvalue weighted by atomic mass is 32.1. The lowest BCUT2D eigenvalue weighted by Gasteiger charge is -2.03. The molecule has 1 amide bonds. The first-order chi connectivity index (χ1) is 8.49. The van der Waals surface area contributed by atoms with Crippen molar-refractivity contribution in [1.82, 2.24) is 0 Å². The Balaban J connectivity index is 2.54. The van der Waals surface area contributed by atoms with Crippen LogP contribution in [-0.2, 0) is 9.59 Å². The number of anilines is 1. The Morgan fingerprint density at radius 2 is 2.06 bits per heavy atom. The minimum Gasteiger partial charge on any atom is -0.474 e. The van der Waals surface area contributed by atoms with E-state index < -0.39 is 11.9 Å². The maximum Gasteiger partial charge on any atom is 0.394 e. The summed E-state index contributed by atoms with van der Waals surface area (Å²) < 4.78 is 0.791. The van der Waals surface area contributed by atoms with Gasteiger partial charge in [0.15, 0.2) is 0 Å². The van der Waals surface area contributed by atoms with Crippen LogP contribution in [0.15, 0.2) is 28.4 Å². The summed E-state index contributed by atoms with van der Waals surface area (Å²) in [5.74, 6) is -2.84. The summed E-state index contributed by atoms with van der Waals surface area (Å²) in [6.07, 6.45) is 0. The molecule has 0 aliphatic carbocycles. The summed E-state index contributed by atoms with van der Waals surface area (Å²) >= 11 is 1.27. The molecule has 6 heteroatoms. The minimum atomic E-state index is -1.62. The van der Waals surface area contributed by atoms with Crippen molar-refractivity contribution in [3.63, 3.8) is 0 Å². The second kappa shape index (κ2) is 4.58. The standard InChI is InChI=1S/C12H9NO4S/c1-6-2-3-9-7(4-6)10(14)8(5-18-9)13-11(15)12(16)17/h2-5H,1H3,(H,13,15)(H,16,17). The fraction of sp³-hybridized carbons (Fsp3) is 0.0833. The molecule has 18 heavy (non-hydrogen) atoms. The molecule has 1 aromatic carbocycles. The number of aliphatic carboxylic acids is 1. The molecule has 1 aromatic heterocycles. The van der Waals surface area contributed by atoms with E-state index >= 15 is 0 Å². The lowest BCUT2D eigenvalue weighted by Crippen LogP contribution is -2.25. The molecule has 0 bridgehead atoms. The van der Waals surface area contributed by atoms with Gasteiger partial charge in [-0.25, -0.2) is 4.79 Å². The molecule has 92 valence electrons. The van der Waals surface area contributed by atoms with E-state index in [0.29, 0.717) is 5.39 Å². The smallest absolute Gasteiger partial charge is 0.394 e. The first-order valence-electron chi connectivity index (χ1n) is 5.05. The highest BCUT2D eigenvalue weighted by molar-refractivity contribution is 7.16. The van der Waals surface area contributed by atoms with Crippen LogP contribution < -0.4 is 10.7 Å². The molecule has 2 aromatic rings. The first-order valence-corrected chi connectivity index (χ1v) is 5.93. The topological polar surface area (TPSA) is 83.5 Å². The Labute approximate surface area is 106 Å². The number of aryl methyl sites for hydroxylation is 1. The molecule has 2 rings (SSSR count). The largest absolute Gasteiger partial charge is 0.474 e. The number of amides is 1. The molecular formula is C12H9NO4S. The Morgan fingerprint density at radius 3 is 2.72 bits per heavy atom. The van der Waals surface area contributed by atoms with Crippen LogP contribution in [0.25, 0.3) is 10.1 Å². The molecule has 0 radical (unpaired) electrons. The van der Waals surface area contributed by atoms with Crippen molar-refractivity contribution in [2.75, 3.05) is 5.32 Å². The molecular weight excluding hydrogens is 254 g/mol. The lowest BCUT2D eigenvalue weighted by atomic mass is 10.2. The van der Waals surface area contributed by atoms with Crippen LogP contribution >= 0.6 is 11.3 Å². The lowest BCUT2D eigenvalue weighted by molar-refractivity contribution is -0.147. The number of carbonyl (C=O) groups is 2. The second-order valence-electron chi connectivity index (χ2n) is 3.74. The fourth-order valence-corrected chi connectivity index (χ4v) is 2.34. The predicted octanol–water partition coefficient (Wildman–Crippen LogP) is 1.59. The van der Waals surface area contributed by atoms with Gasteiger partial charge in [0.05, 0.1) is 5.69 Å². The van der Waals surface area contributed by atoms with Crippen molar-refractivity contribution >= 4 is 39.0 Å². The van der Waals surface area contributed by atoms with Gasteiger partial charge in [0, 0.05) is 15.5 Å². The average molecular weight is 263 g/mol. The summed E-state index contributed by atoms with van der Waals surface area (Å²) in [6.45, 7) is 1.85. The molecule has 0 fully saturated rings. The van der Waals surface area contributed by atoms with Crippen molar-refractivity contribution < 1.29 is 14.7 Å². The van der Waals surface area contributed by atoms with Crippen molar-refractivity contribution in [3.05, 3.63) is 39.4 Å². The molecule has 0 spiro atoms. The van der Waals surface area contributed by atoms with Gasteiger partial charge in [0.1, 0.15) is 0 Å². The molecule has 0 saturated heterocycles. The number of fused-ring (bicyclic) bond motifs is 1. The van der Waals surface area contributed by atoms with E-state index in [1.165, 1.54) is 16.7 Å². The second-order valence-corrected chi connectivity index (χ2v) is 4.65. The zero-order valence-corrected chi connectivity index (χ0v) is 10.2. The van der Waals surface area contributed by atoms with E-state index in [1.807, 2.05) is 19.1 Å². The van der Waals surface area contributed by atoms with Crippen molar-refractivity contribution in [2.45, 2.75) is 6.92 Å². The van der Waals surface area contributed by atoms with Crippen LogP contribution in [0.2, 0.25) is 0 Å². The highest BCUT2D eigenvalue weighted by Crippen LogP contribution is 2.20. The zero-order valence-electron chi connectivity index (χ0n) is 9.39. The van der Waals surface area contributed by atoms with Crippen molar-refractivity contribution in [1.29, 1.82) is 0 Å². The van der Waals surface area contributed by atoms with E-state index in [0.717, 1.165) is 10.3 Å². The summed E-state index contributed by atoms with van der Waals surface area (Å²) in [5, 5.41) is 12.5. The average Bonchev–Trinajstić information content (AvgIpc) is 2.33. The van der Waals surface area contributed by atoms with Gasteiger partial charge in [-0.3, -0.25) is 9.59 Å². The molecule has 0 aliphatic rings. The van der Waals surface area contributed by atoms with E-state index in [2.05, 4.69) is 5.32 Å². The van der Waals surface area contributed by atoms with Gasteiger partial charge in [0.25, 0.3) is 0 Å². The number of benzene rings is 1. The maximum atomic E-state index is 12.0. The molecule has 0 aliphatic heterocycles. The number of carboxylic acids is 1. The first kappa shape index (κ1) is 12.3. The summed E-state index contributed by atoms with van der Waals surface area (Å²) in [6, 6.07) is 5.41. The third kappa shape index (κ3) is 2.23. The third-order valence-electron chi connectivity index (χ3n) is 2.37. The molecule has 0 unspecified atom stereocenters. The predicted molar refractivity (Wildman–Crippen MR) is 69.1 cm³/mol.